The van der Waals surface area contributed by atoms with Crippen molar-refractivity contribution < 1.29 is 9.53 Å². The third-order valence-electron chi connectivity index (χ3n) is 3.29. The van der Waals surface area contributed by atoms with Crippen LogP contribution in [0.2, 0.25) is 0 Å². The lowest BCUT2D eigenvalue weighted by Gasteiger charge is -2.19. The summed E-state index contributed by atoms with van der Waals surface area (Å²) in [5.74, 6) is -0.0534. The van der Waals surface area contributed by atoms with Crippen molar-refractivity contribution in [3.8, 4) is 0 Å². The molecule has 1 heterocycles. The molecule has 1 aliphatic heterocycles. The van der Waals surface area contributed by atoms with Crippen LogP contribution in [0.4, 0.5) is 11.4 Å². The second-order valence-corrected chi connectivity index (χ2v) is 5.68. The number of benzene rings is 1. The van der Waals surface area contributed by atoms with Crippen LogP contribution in [0, 0.1) is 0 Å². The normalized spacial score (nSPS) is 21.1. The van der Waals surface area contributed by atoms with Gasteiger partial charge in [-0.2, -0.15) is 0 Å². The minimum absolute atomic E-state index is 0.0155. The second-order valence-electron chi connectivity index (χ2n) is 5.68. The van der Waals surface area contributed by atoms with E-state index in [2.05, 4.69) is 24.5 Å². The molecule has 1 saturated heterocycles. The van der Waals surface area contributed by atoms with Crippen molar-refractivity contribution in [1.29, 1.82) is 0 Å². The fraction of sp³-hybridized carbons (Fsp3) is 0.533. The molecule has 1 unspecified atom stereocenters. The Balaban J connectivity index is 1.82. The molecule has 0 saturated carbocycles. The highest BCUT2D eigenvalue weighted by molar-refractivity contribution is 5.88. The molecule has 0 aliphatic carbocycles. The quantitative estimate of drug-likeness (QED) is 0.877. The SMILES string of the molecule is CC(=O)Nc1ccc(NCC2CCC(C)(C)O2)cc1. The summed E-state index contributed by atoms with van der Waals surface area (Å²) < 4.78 is 5.93. The van der Waals surface area contributed by atoms with Crippen LogP contribution in [0.1, 0.15) is 33.6 Å². The Bertz CT molecular complexity index is 440. The molecule has 1 fully saturated rings. The van der Waals surface area contributed by atoms with Gasteiger partial charge in [0.1, 0.15) is 0 Å². The Morgan fingerprint density at radius 2 is 1.95 bits per heavy atom. The van der Waals surface area contributed by atoms with Crippen molar-refractivity contribution >= 4 is 17.3 Å². The number of rotatable bonds is 4. The maximum absolute atomic E-state index is 10.9. The van der Waals surface area contributed by atoms with Crippen LogP contribution < -0.4 is 10.6 Å². The van der Waals surface area contributed by atoms with Crippen LogP contribution >= 0.6 is 0 Å². The molecule has 0 spiro atoms. The molecule has 104 valence electrons. The molecule has 1 aromatic rings. The summed E-state index contributed by atoms with van der Waals surface area (Å²) in [6.45, 7) is 6.60. The van der Waals surface area contributed by atoms with Crippen molar-refractivity contribution in [3.63, 3.8) is 0 Å². The van der Waals surface area contributed by atoms with E-state index in [4.69, 9.17) is 4.74 Å². The number of carbonyl (C=O) groups excluding carboxylic acids is 1. The second kappa shape index (κ2) is 5.61. The van der Waals surface area contributed by atoms with Gasteiger partial charge in [-0.15, -0.1) is 0 Å². The molecule has 1 aliphatic rings. The molecule has 4 heteroatoms. The standard InChI is InChI=1S/C15H22N2O2/c1-11(18)17-13-6-4-12(5-7-13)16-10-14-8-9-15(2,3)19-14/h4-7,14,16H,8-10H2,1-3H3,(H,17,18). The summed E-state index contributed by atoms with van der Waals surface area (Å²) in [5, 5.41) is 6.12. The fourth-order valence-corrected chi connectivity index (χ4v) is 2.33. The molecule has 0 aromatic heterocycles. The summed E-state index contributed by atoms with van der Waals surface area (Å²) in [4.78, 5) is 10.9. The Labute approximate surface area is 114 Å². The van der Waals surface area contributed by atoms with E-state index in [1.54, 1.807) is 0 Å². The van der Waals surface area contributed by atoms with Crippen LogP contribution in [-0.4, -0.2) is 24.2 Å². The number of amides is 1. The highest BCUT2D eigenvalue weighted by Crippen LogP contribution is 2.29. The van der Waals surface area contributed by atoms with E-state index in [0.29, 0.717) is 0 Å². The van der Waals surface area contributed by atoms with Gasteiger partial charge in [0.15, 0.2) is 0 Å². The predicted molar refractivity (Wildman–Crippen MR) is 77.4 cm³/mol. The first-order valence-corrected chi connectivity index (χ1v) is 6.74. The lowest BCUT2D eigenvalue weighted by atomic mass is 10.1. The summed E-state index contributed by atoms with van der Waals surface area (Å²) in [7, 11) is 0. The summed E-state index contributed by atoms with van der Waals surface area (Å²) in [6.07, 6.45) is 2.50. The third kappa shape index (κ3) is 4.24. The van der Waals surface area contributed by atoms with Gasteiger partial charge in [-0.1, -0.05) is 0 Å². The highest BCUT2D eigenvalue weighted by Gasteiger charge is 2.31. The van der Waals surface area contributed by atoms with Crippen LogP contribution in [0.15, 0.2) is 24.3 Å². The number of hydrogen-bond donors (Lipinski definition) is 2. The van der Waals surface area contributed by atoms with Gasteiger partial charge in [-0.3, -0.25) is 4.79 Å². The highest BCUT2D eigenvalue weighted by atomic mass is 16.5. The van der Waals surface area contributed by atoms with Gasteiger partial charge in [0.05, 0.1) is 11.7 Å². The molecule has 19 heavy (non-hydrogen) atoms. The van der Waals surface area contributed by atoms with Crippen LogP contribution in [-0.2, 0) is 9.53 Å². The summed E-state index contributed by atoms with van der Waals surface area (Å²) >= 11 is 0. The maximum Gasteiger partial charge on any atom is 0.221 e. The molecular weight excluding hydrogens is 240 g/mol. The Morgan fingerprint density at radius 1 is 1.32 bits per heavy atom. The van der Waals surface area contributed by atoms with E-state index in [-0.39, 0.29) is 17.6 Å². The molecular formula is C15H22N2O2. The zero-order valence-electron chi connectivity index (χ0n) is 11.8. The van der Waals surface area contributed by atoms with Crippen LogP contribution in [0.25, 0.3) is 0 Å². The monoisotopic (exact) mass is 262 g/mol. The van der Waals surface area contributed by atoms with Crippen LogP contribution in [0.5, 0.6) is 0 Å². The van der Waals surface area contributed by atoms with Gasteiger partial charge in [0, 0.05) is 24.8 Å². The Morgan fingerprint density at radius 3 is 2.47 bits per heavy atom. The predicted octanol–water partition coefficient (Wildman–Crippen LogP) is 3.01. The smallest absolute Gasteiger partial charge is 0.221 e. The first kappa shape index (κ1) is 13.9. The molecule has 2 N–H and O–H groups in total. The third-order valence-corrected chi connectivity index (χ3v) is 3.29. The summed E-state index contributed by atoms with van der Waals surface area (Å²) in [6, 6.07) is 7.71. The van der Waals surface area contributed by atoms with E-state index in [1.807, 2.05) is 24.3 Å². The van der Waals surface area contributed by atoms with Gasteiger partial charge in [-0.05, 0) is 51.0 Å². The zero-order chi connectivity index (χ0) is 13.9. The average molecular weight is 262 g/mol. The molecule has 1 atom stereocenters. The first-order valence-electron chi connectivity index (χ1n) is 6.74. The molecule has 1 amide bonds. The topological polar surface area (TPSA) is 50.4 Å². The van der Waals surface area contributed by atoms with E-state index in [1.165, 1.54) is 6.92 Å². The number of ether oxygens (including phenoxy) is 1. The molecule has 0 bridgehead atoms. The van der Waals surface area contributed by atoms with Gasteiger partial charge in [0.2, 0.25) is 5.91 Å². The van der Waals surface area contributed by atoms with Gasteiger partial charge >= 0.3 is 0 Å². The Kier molecular flexibility index (Phi) is 4.10. The lowest BCUT2D eigenvalue weighted by Crippen LogP contribution is -2.24. The minimum Gasteiger partial charge on any atom is -0.382 e. The summed E-state index contributed by atoms with van der Waals surface area (Å²) in [5.41, 5.74) is 1.88. The largest absolute Gasteiger partial charge is 0.382 e. The molecule has 4 nitrogen and oxygen atoms in total. The van der Waals surface area contributed by atoms with Crippen molar-refractivity contribution in [1.82, 2.24) is 0 Å². The number of hydrogen-bond acceptors (Lipinski definition) is 3. The number of nitrogens with one attached hydrogen (secondary N) is 2. The zero-order valence-corrected chi connectivity index (χ0v) is 11.8. The van der Waals surface area contributed by atoms with Crippen molar-refractivity contribution in [2.24, 2.45) is 0 Å². The van der Waals surface area contributed by atoms with E-state index < -0.39 is 0 Å². The first-order chi connectivity index (χ1) is 8.94. The van der Waals surface area contributed by atoms with Crippen molar-refractivity contribution in [3.05, 3.63) is 24.3 Å². The number of anilines is 2. The van der Waals surface area contributed by atoms with Crippen molar-refractivity contribution in [2.45, 2.75) is 45.3 Å². The molecule has 0 radical (unpaired) electrons. The minimum atomic E-state index is -0.0534. The van der Waals surface area contributed by atoms with Gasteiger partial charge < -0.3 is 15.4 Å². The lowest BCUT2D eigenvalue weighted by molar-refractivity contribution is -0.114. The van der Waals surface area contributed by atoms with Crippen LogP contribution in [0.3, 0.4) is 0 Å². The number of carbonyl (C=O) groups is 1. The molecule has 2 rings (SSSR count). The Hall–Kier alpha value is -1.55. The molecule has 1 aromatic carbocycles. The van der Waals surface area contributed by atoms with E-state index >= 15 is 0 Å². The van der Waals surface area contributed by atoms with E-state index in [9.17, 15) is 4.79 Å². The fourth-order valence-electron chi connectivity index (χ4n) is 2.33. The maximum atomic E-state index is 10.9. The van der Waals surface area contributed by atoms with E-state index in [0.717, 1.165) is 30.8 Å². The van der Waals surface area contributed by atoms with Crippen molar-refractivity contribution in [2.75, 3.05) is 17.2 Å². The van der Waals surface area contributed by atoms with Gasteiger partial charge in [0.25, 0.3) is 0 Å². The average Bonchev–Trinajstić information content (AvgIpc) is 2.67. The van der Waals surface area contributed by atoms with Gasteiger partial charge in [-0.25, -0.2) is 0 Å².